The van der Waals surface area contributed by atoms with Crippen LogP contribution < -0.4 is 9.62 Å². The van der Waals surface area contributed by atoms with E-state index in [2.05, 4.69) is 5.32 Å². The lowest BCUT2D eigenvalue weighted by molar-refractivity contribution is -0.114. The van der Waals surface area contributed by atoms with Crippen LogP contribution in [0.1, 0.15) is 11.1 Å². The fraction of sp³-hybridized carbons (Fsp3) is 0.174. The number of amides is 1. The van der Waals surface area contributed by atoms with Gasteiger partial charge in [-0.05, 0) is 68.1 Å². The number of halogens is 1. The van der Waals surface area contributed by atoms with E-state index >= 15 is 0 Å². The molecule has 0 saturated carbocycles. The predicted octanol–water partition coefficient (Wildman–Crippen LogP) is 5.51. The molecule has 0 aliphatic carbocycles. The van der Waals surface area contributed by atoms with Gasteiger partial charge in [-0.3, -0.25) is 9.10 Å². The minimum absolute atomic E-state index is 0.104. The summed E-state index contributed by atoms with van der Waals surface area (Å²) in [7, 11) is -3.99. The maximum Gasteiger partial charge on any atom is 0.264 e. The molecule has 1 N–H and O–H groups in total. The Labute approximate surface area is 192 Å². The highest BCUT2D eigenvalue weighted by molar-refractivity contribution is 7.98. The first-order chi connectivity index (χ1) is 14.7. The quantitative estimate of drug-likeness (QED) is 0.458. The van der Waals surface area contributed by atoms with Crippen molar-refractivity contribution in [1.82, 2.24) is 0 Å². The van der Waals surface area contributed by atoms with Gasteiger partial charge in [0, 0.05) is 15.6 Å². The van der Waals surface area contributed by atoms with Crippen LogP contribution in [-0.4, -0.2) is 27.1 Å². The molecule has 0 spiro atoms. The van der Waals surface area contributed by atoms with Gasteiger partial charge in [0.1, 0.15) is 6.54 Å². The van der Waals surface area contributed by atoms with Gasteiger partial charge in [0.05, 0.1) is 10.6 Å². The third-order valence-electron chi connectivity index (χ3n) is 4.69. The number of rotatable bonds is 7. The number of carbonyl (C=O) groups is 1. The maximum absolute atomic E-state index is 13.4. The molecule has 0 radical (unpaired) electrons. The Morgan fingerprint density at radius 3 is 2.39 bits per heavy atom. The van der Waals surface area contributed by atoms with Gasteiger partial charge in [-0.25, -0.2) is 8.42 Å². The second-order valence-corrected chi connectivity index (χ2v) is 10.2. The minimum Gasteiger partial charge on any atom is -0.324 e. The minimum atomic E-state index is -3.99. The zero-order chi connectivity index (χ0) is 22.6. The molecule has 0 saturated heterocycles. The molecule has 0 atom stereocenters. The molecule has 0 heterocycles. The lowest BCUT2D eigenvalue weighted by Gasteiger charge is -2.24. The zero-order valence-corrected chi connectivity index (χ0v) is 19.8. The van der Waals surface area contributed by atoms with E-state index in [1.807, 2.05) is 38.3 Å². The monoisotopic (exact) mass is 474 g/mol. The molecule has 31 heavy (non-hydrogen) atoms. The summed E-state index contributed by atoms with van der Waals surface area (Å²) < 4.78 is 27.9. The van der Waals surface area contributed by atoms with Crippen LogP contribution in [0.5, 0.6) is 0 Å². The molecule has 0 aliphatic heterocycles. The number of nitrogens with one attached hydrogen (secondary N) is 1. The second-order valence-electron chi connectivity index (χ2n) is 7.04. The molecule has 0 fully saturated rings. The first-order valence-electron chi connectivity index (χ1n) is 9.50. The van der Waals surface area contributed by atoms with Gasteiger partial charge in [0.2, 0.25) is 5.91 Å². The van der Waals surface area contributed by atoms with Crippen LogP contribution in [0, 0.1) is 13.8 Å². The summed E-state index contributed by atoms with van der Waals surface area (Å²) in [6, 6.07) is 18.8. The van der Waals surface area contributed by atoms with Crippen molar-refractivity contribution in [3.05, 3.63) is 82.9 Å². The van der Waals surface area contributed by atoms with E-state index in [9.17, 15) is 13.2 Å². The molecule has 1 amide bonds. The Hall–Kier alpha value is -2.48. The molecular formula is C23H23ClN2O3S2. The van der Waals surface area contributed by atoms with Gasteiger partial charge in [-0.15, -0.1) is 11.8 Å². The molecule has 3 aromatic carbocycles. The SMILES string of the molecule is CSc1cccc(NC(=O)CN(c2ccc(C)c(Cl)c2)S(=O)(=O)c2ccc(C)cc2)c1. The Morgan fingerprint density at radius 2 is 1.74 bits per heavy atom. The number of hydrogen-bond acceptors (Lipinski definition) is 4. The summed E-state index contributed by atoms with van der Waals surface area (Å²) >= 11 is 7.80. The number of sulfonamides is 1. The first kappa shape index (κ1) is 23.2. The normalized spacial score (nSPS) is 11.2. The summed E-state index contributed by atoms with van der Waals surface area (Å²) in [5.74, 6) is -0.453. The molecule has 5 nitrogen and oxygen atoms in total. The topological polar surface area (TPSA) is 66.5 Å². The van der Waals surface area contributed by atoms with E-state index in [1.54, 1.807) is 48.2 Å². The van der Waals surface area contributed by atoms with Crippen LogP contribution in [0.15, 0.2) is 76.5 Å². The standard InChI is InChI=1S/C23H23ClN2O3S2/c1-16-7-11-21(12-8-16)31(28,29)26(19-10-9-17(2)22(24)14-19)15-23(27)25-18-5-4-6-20(13-18)30-3/h4-14H,15H2,1-3H3,(H,25,27). The van der Waals surface area contributed by atoms with E-state index in [0.29, 0.717) is 16.4 Å². The van der Waals surface area contributed by atoms with Gasteiger partial charge >= 0.3 is 0 Å². The van der Waals surface area contributed by atoms with Crippen molar-refractivity contribution in [3.63, 3.8) is 0 Å². The highest BCUT2D eigenvalue weighted by atomic mass is 35.5. The zero-order valence-electron chi connectivity index (χ0n) is 17.4. The third-order valence-corrected chi connectivity index (χ3v) is 7.61. The van der Waals surface area contributed by atoms with E-state index in [4.69, 9.17) is 11.6 Å². The van der Waals surface area contributed by atoms with E-state index < -0.39 is 15.9 Å². The number of thioether (sulfide) groups is 1. The average molecular weight is 475 g/mol. The molecule has 8 heteroatoms. The molecule has 0 aromatic heterocycles. The van der Waals surface area contributed by atoms with Gasteiger partial charge in [0.25, 0.3) is 10.0 Å². The number of nitrogens with zero attached hydrogens (tertiary/aromatic N) is 1. The summed E-state index contributed by atoms with van der Waals surface area (Å²) in [4.78, 5) is 13.9. The first-order valence-corrected chi connectivity index (χ1v) is 12.5. The predicted molar refractivity (Wildman–Crippen MR) is 129 cm³/mol. The van der Waals surface area contributed by atoms with Gasteiger partial charge in [-0.2, -0.15) is 0 Å². The summed E-state index contributed by atoms with van der Waals surface area (Å²) in [5, 5.41) is 3.21. The number of carbonyl (C=O) groups excluding carboxylic acids is 1. The van der Waals surface area contributed by atoms with Crippen molar-refractivity contribution in [2.45, 2.75) is 23.6 Å². The molecule has 3 aromatic rings. The third kappa shape index (κ3) is 5.61. The lowest BCUT2D eigenvalue weighted by Crippen LogP contribution is -2.38. The number of benzene rings is 3. The van der Waals surface area contributed by atoms with Crippen molar-refractivity contribution in [2.75, 3.05) is 22.4 Å². The van der Waals surface area contributed by atoms with E-state index in [0.717, 1.165) is 20.3 Å². The fourth-order valence-electron chi connectivity index (χ4n) is 2.92. The van der Waals surface area contributed by atoms with Crippen LogP contribution in [0.3, 0.4) is 0 Å². The smallest absolute Gasteiger partial charge is 0.264 e. The van der Waals surface area contributed by atoms with Crippen molar-refractivity contribution >= 4 is 50.7 Å². The number of aryl methyl sites for hydroxylation is 2. The average Bonchev–Trinajstić information content (AvgIpc) is 2.74. The molecule has 0 unspecified atom stereocenters. The summed E-state index contributed by atoms with van der Waals surface area (Å²) in [5.41, 5.74) is 2.68. The highest BCUT2D eigenvalue weighted by Gasteiger charge is 2.27. The van der Waals surface area contributed by atoms with Gasteiger partial charge in [-0.1, -0.05) is 41.4 Å². The van der Waals surface area contributed by atoms with Crippen LogP contribution in [0.2, 0.25) is 5.02 Å². The van der Waals surface area contributed by atoms with Gasteiger partial charge in [0.15, 0.2) is 0 Å². The van der Waals surface area contributed by atoms with Crippen LogP contribution in [0.4, 0.5) is 11.4 Å². The van der Waals surface area contributed by atoms with Crippen molar-refractivity contribution in [2.24, 2.45) is 0 Å². The largest absolute Gasteiger partial charge is 0.324 e. The highest BCUT2D eigenvalue weighted by Crippen LogP contribution is 2.28. The fourth-order valence-corrected chi connectivity index (χ4v) is 4.97. The lowest BCUT2D eigenvalue weighted by atomic mass is 10.2. The van der Waals surface area contributed by atoms with E-state index in [-0.39, 0.29) is 11.4 Å². The van der Waals surface area contributed by atoms with Crippen molar-refractivity contribution in [3.8, 4) is 0 Å². The van der Waals surface area contributed by atoms with Gasteiger partial charge < -0.3 is 5.32 Å². The van der Waals surface area contributed by atoms with E-state index in [1.165, 1.54) is 12.1 Å². The molecule has 0 aliphatic rings. The van der Waals surface area contributed by atoms with Crippen LogP contribution in [0.25, 0.3) is 0 Å². The summed E-state index contributed by atoms with van der Waals surface area (Å²) in [6.07, 6.45) is 1.94. The Balaban J connectivity index is 1.96. The second kappa shape index (κ2) is 9.77. The van der Waals surface area contributed by atoms with Crippen LogP contribution >= 0.6 is 23.4 Å². The molecule has 0 bridgehead atoms. The Bertz CT molecular complexity index is 1200. The Kier molecular flexibility index (Phi) is 7.30. The maximum atomic E-state index is 13.4. The molecule has 3 rings (SSSR count). The van der Waals surface area contributed by atoms with Crippen molar-refractivity contribution < 1.29 is 13.2 Å². The number of anilines is 2. The van der Waals surface area contributed by atoms with Crippen LogP contribution in [-0.2, 0) is 14.8 Å². The Morgan fingerprint density at radius 1 is 1.03 bits per heavy atom. The summed E-state index contributed by atoms with van der Waals surface area (Å²) in [6.45, 7) is 3.32. The number of hydrogen-bond donors (Lipinski definition) is 1. The molecular weight excluding hydrogens is 452 g/mol. The van der Waals surface area contributed by atoms with Crippen molar-refractivity contribution in [1.29, 1.82) is 0 Å². The molecule has 162 valence electrons.